The van der Waals surface area contributed by atoms with Crippen LogP contribution in [0, 0.1) is 0 Å². The smallest absolute Gasteiger partial charge is 0.276 e. The first kappa shape index (κ1) is 19.2. The SMILES string of the molecule is CCc1cc(S(=O)(=O)C2CCCCC2)c(C(F)(F)F)cc1C(=O)Cl. The molecule has 1 fully saturated rings. The van der Waals surface area contributed by atoms with Gasteiger partial charge in [-0.3, -0.25) is 4.79 Å². The maximum Gasteiger partial charge on any atom is 0.417 e. The Labute approximate surface area is 144 Å². The van der Waals surface area contributed by atoms with Gasteiger partial charge in [0.2, 0.25) is 0 Å². The number of benzene rings is 1. The van der Waals surface area contributed by atoms with Crippen molar-refractivity contribution in [3.63, 3.8) is 0 Å². The number of hydrogen-bond acceptors (Lipinski definition) is 3. The first-order chi connectivity index (χ1) is 11.1. The van der Waals surface area contributed by atoms with Crippen LogP contribution in [0.25, 0.3) is 0 Å². The molecular formula is C16H18ClF3O3S. The van der Waals surface area contributed by atoms with Gasteiger partial charge in [0.25, 0.3) is 5.24 Å². The maximum absolute atomic E-state index is 13.4. The molecule has 1 saturated carbocycles. The summed E-state index contributed by atoms with van der Waals surface area (Å²) < 4.78 is 65.8. The minimum absolute atomic E-state index is 0.206. The van der Waals surface area contributed by atoms with E-state index in [1.54, 1.807) is 6.92 Å². The third kappa shape index (κ3) is 3.77. The molecule has 24 heavy (non-hydrogen) atoms. The number of halogens is 4. The molecule has 1 aliphatic carbocycles. The lowest BCUT2D eigenvalue weighted by Crippen LogP contribution is -2.27. The van der Waals surface area contributed by atoms with Crippen LogP contribution >= 0.6 is 11.6 Å². The van der Waals surface area contributed by atoms with Crippen molar-refractivity contribution in [2.24, 2.45) is 0 Å². The minimum Gasteiger partial charge on any atom is -0.276 e. The van der Waals surface area contributed by atoms with Gasteiger partial charge in [0.1, 0.15) is 0 Å². The molecule has 3 nitrogen and oxygen atoms in total. The Morgan fingerprint density at radius 3 is 2.25 bits per heavy atom. The zero-order valence-electron chi connectivity index (χ0n) is 13.1. The molecule has 0 spiro atoms. The summed E-state index contributed by atoms with van der Waals surface area (Å²) in [5.41, 5.74) is -1.40. The van der Waals surface area contributed by atoms with E-state index in [2.05, 4.69) is 0 Å². The molecule has 0 aromatic heterocycles. The first-order valence-corrected chi connectivity index (χ1v) is 9.69. The number of carbonyl (C=O) groups is 1. The number of alkyl halides is 3. The fraction of sp³-hybridized carbons (Fsp3) is 0.562. The van der Waals surface area contributed by atoms with Gasteiger partial charge in [-0.1, -0.05) is 26.2 Å². The number of aryl methyl sites for hydroxylation is 1. The molecule has 0 amide bonds. The van der Waals surface area contributed by atoms with Gasteiger partial charge in [-0.15, -0.1) is 0 Å². The summed E-state index contributed by atoms with van der Waals surface area (Å²) in [5.74, 6) is 0. The van der Waals surface area contributed by atoms with Crippen LogP contribution in [0.15, 0.2) is 17.0 Å². The molecule has 0 saturated heterocycles. The molecule has 0 aliphatic heterocycles. The molecule has 0 heterocycles. The third-order valence-corrected chi connectivity index (χ3v) is 6.90. The average molecular weight is 383 g/mol. The molecular weight excluding hydrogens is 365 g/mol. The summed E-state index contributed by atoms with van der Waals surface area (Å²) in [6, 6.07) is 1.55. The molecule has 134 valence electrons. The molecule has 1 aromatic rings. The van der Waals surface area contributed by atoms with Crippen molar-refractivity contribution in [1.29, 1.82) is 0 Å². The van der Waals surface area contributed by atoms with Gasteiger partial charge in [0.15, 0.2) is 9.84 Å². The van der Waals surface area contributed by atoms with Gasteiger partial charge in [-0.25, -0.2) is 8.42 Å². The van der Waals surface area contributed by atoms with Crippen LogP contribution < -0.4 is 0 Å². The van der Waals surface area contributed by atoms with E-state index >= 15 is 0 Å². The summed E-state index contributed by atoms with van der Waals surface area (Å²) in [7, 11) is -4.13. The van der Waals surface area contributed by atoms with E-state index in [1.165, 1.54) is 0 Å². The van der Waals surface area contributed by atoms with Crippen molar-refractivity contribution >= 4 is 26.7 Å². The summed E-state index contributed by atoms with van der Waals surface area (Å²) in [5, 5.41) is -1.84. The Hall–Kier alpha value is -1.08. The van der Waals surface area contributed by atoms with E-state index in [1.807, 2.05) is 0 Å². The predicted molar refractivity (Wildman–Crippen MR) is 85.1 cm³/mol. The zero-order chi connectivity index (χ0) is 18.1. The highest BCUT2D eigenvalue weighted by Crippen LogP contribution is 2.39. The molecule has 1 aromatic carbocycles. The normalized spacial score (nSPS) is 17.0. The van der Waals surface area contributed by atoms with Crippen molar-refractivity contribution < 1.29 is 26.4 Å². The monoisotopic (exact) mass is 382 g/mol. The van der Waals surface area contributed by atoms with Gasteiger partial charge >= 0.3 is 6.18 Å². The second-order valence-electron chi connectivity index (χ2n) is 5.94. The van der Waals surface area contributed by atoms with Crippen molar-refractivity contribution in [2.75, 3.05) is 0 Å². The van der Waals surface area contributed by atoms with Crippen molar-refractivity contribution in [2.45, 2.75) is 61.8 Å². The highest BCUT2D eigenvalue weighted by Gasteiger charge is 2.41. The van der Waals surface area contributed by atoms with Gasteiger partial charge < -0.3 is 0 Å². The van der Waals surface area contributed by atoms with Crippen molar-refractivity contribution in [3.8, 4) is 0 Å². The zero-order valence-corrected chi connectivity index (χ0v) is 14.7. The van der Waals surface area contributed by atoms with E-state index in [-0.39, 0.29) is 17.5 Å². The Kier molecular flexibility index (Phi) is 5.64. The number of carbonyl (C=O) groups excluding carboxylic acids is 1. The Morgan fingerprint density at radius 2 is 1.79 bits per heavy atom. The summed E-state index contributed by atoms with van der Waals surface area (Å²) in [6.45, 7) is 1.63. The topological polar surface area (TPSA) is 51.2 Å². The Balaban J connectivity index is 2.69. The Bertz CT molecular complexity index is 736. The predicted octanol–water partition coefficient (Wildman–Crippen LogP) is 4.75. The Morgan fingerprint density at radius 1 is 1.21 bits per heavy atom. The number of rotatable bonds is 4. The van der Waals surface area contributed by atoms with Crippen LogP contribution in [0.4, 0.5) is 13.2 Å². The van der Waals surface area contributed by atoms with E-state index in [9.17, 15) is 26.4 Å². The summed E-state index contributed by atoms with van der Waals surface area (Å²) in [4.78, 5) is 10.7. The summed E-state index contributed by atoms with van der Waals surface area (Å²) >= 11 is 5.37. The molecule has 1 aliphatic rings. The molecule has 0 atom stereocenters. The van der Waals surface area contributed by atoms with E-state index in [0.29, 0.717) is 31.7 Å². The van der Waals surface area contributed by atoms with Crippen molar-refractivity contribution in [1.82, 2.24) is 0 Å². The fourth-order valence-electron chi connectivity index (χ4n) is 3.11. The summed E-state index contributed by atoms with van der Waals surface area (Å²) in [6.07, 6.45) is -1.70. The van der Waals surface area contributed by atoms with Gasteiger partial charge in [-0.2, -0.15) is 13.2 Å². The lowest BCUT2D eigenvalue weighted by Gasteiger charge is -2.24. The highest BCUT2D eigenvalue weighted by atomic mass is 35.5. The quantitative estimate of drug-likeness (QED) is 0.706. The van der Waals surface area contributed by atoms with E-state index < -0.39 is 37.0 Å². The second-order valence-corrected chi connectivity index (χ2v) is 8.48. The largest absolute Gasteiger partial charge is 0.417 e. The van der Waals surface area contributed by atoms with Crippen LogP contribution in [-0.2, 0) is 22.4 Å². The molecule has 8 heteroatoms. The van der Waals surface area contributed by atoms with Crippen LogP contribution in [-0.4, -0.2) is 18.9 Å². The fourth-order valence-corrected chi connectivity index (χ4v) is 5.39. The maximum atomic E-state index is 13.4. The lowest BCUT2D eigenvalue weighted by molar-refractivity contribution is -0.139. The second kappa shape index (κ2) is 7.04. The van der Waals surface area contributed by atoms with E-state index in [4.69, 9.17) is 11.6 Å². The van der Waals surface area contributed by atoms with Crippen LogP contribution in [0.2, 0.25) is 0 Å². The first-order valence-electron chi connectivity index (χ1n) is 7.77. The number of hydrogen-bond donors (Lipinski definition) is 0. The van der Waals surface area contributed by atoms with Gasteiger partial charge in [-0.05, 0) is 48.6 Å². The van der Waals surface area contributed by atoms with Crippen LogP contribution in [0.3, 0.4) is 0 Å². The van der Waals surface area contributed by atoms with Crippen LogP contribution in [0.5, 0.6) is 0 Å². The van der Waals surface area contributed by atoms with Gasteiger partial charge in [0, 0.05) is 5.56 Å². The van der Waals surface area contributed by atoms with Crippen molar-refractivity contribution in [3.05, 3.63) is 28.8 Å². The number of sulfone groups is 1. The molecule has 0 bridgehead atoms. The van der Waals surface area contributed by atoms with E-state index in [0.717, 1.165) is 12.5 Å². The lowest BCUT2D eigenvalue weighted by atomic mass is 10.0. The third-order valence-electron chi connectivity index (χ3n) is 4.40. The van der Waals surface area contributed by atoms with Crippen LogP contribution in [0.1, 0.15) is 60.5 Å². The molecule has 0 unspecified atom stereocenters. The van der Waals surface area contributed by atoms with Gasteiger partial charge in [0.05, 0.1) is 15.7 Å². The highest BCUT2D eigenvalue weighted by molar-refractivity contribution is 7.92. The standard InChI is InChI=1S/C16H18ClF3O3S/c1-2-10-8-14(24(22,23)11-6-4-3-5-7-11)13(16(18,19)20)9-12(10)15(17)21/h8-9,11H,2-7H2,1H3. The molecule has 2 rings (SSSR count). The molecule has 0 radical (unpaired) electrons. The minimum atomic E-state index is -4.88. The molecule has 0 N–H and O–H groups in total. The average Bonchev–Trinajstić information content (AvgIpc) is 2.53.